The largest absolute Gasteiger partial charge is 0.416 e. The molecule has 5 heterocycles. The number of nitrogens with zero attached hydrogens (tertiary/aromatic N) is 4. The van der Waals surface area contributed by atoms with Crippen molar-refractivity contribution in [3.8, 4) is 0 Å². The number of benzene rings is 1. The number of methoxy groups -OCH3 is 1. The van der Waals surface area contributed by atoms with Crippen LogP contribution in [0.1, 0.15) is 76.6 Å². The summed E-state index contributed by atoms with van der Waals surface area (Å²) in [5.41, 5.74) is 1.97. The number of rotatable bonds is 6. The summed E-state index contributed by atoms with van der Waals surface area (Å²) in [4.78, 5) is 27.8. The van der Waals surface area contributed by atoms with Crippen molar-refractivity contribution in [1.29, 1.82) is 0 Å². The highest BCUT2D eigenvalue weighted by molar-refractivity contribution is 5.95. The molecule has 4 aliphatic rings. The van der Waals surface area contributed by atoms with Gasteiger partial charge < -0.3 is 29.3 Å². The number of hydrogen-bond donors (Lipinski definition) is 1. The highest BCUT2D eigenvalue weighted by Gasteiger charge is 2.34. The van der Waals surface area contributed by atoms with Crippen LogP contribution in [0.2, 0.25) is 0 Å². The maximum absolute atomic E-state index is 14.0. The van der Waals surface area contributed by atoms with Crippen LogP contribution in [0.5, 0.6) is 0 Å². The Morgan fingerprint density at radius 3 is 2.48 bits per heavy atom. The third-order valence-electron chi connectivity index (χ3n) is 9.61. The maximum Gasteiger partial charge on any atom is 0.416 e. The molecule has 0 radical (unpaired) electrons. The zero-order valence-electron chi connectivity index (χ0n) is 25.5. The minimum Gasteiger partial charge on any atom is -0.381 e. The van der Waals surface area contributed by atoms with Crippen LogP contribution in [0.3, 0.4) is 0 Å². The van der Waals surface area contributed by atoms with Gasteiger partial charge in [0.1, 0.15) is 17.3 Å². The quantitative estimate of drug-likeness (QED) is 0.515. The molecule has 4 aliphatic heterocycles. The van der Waals surface area contributed by atoms with E-state index in [4.69, 9.17) is 24.2 Å². The Bertz CT molecular complexity index is 1330. The zero-order valence-corrected chi connectivity index (χ0v) is 25.5. The normalized spacial score (nSPS) is 23.9. The highest BCUT2D eigenvalue weighted by atomic mass is 19.4. The number of carbonyl (C=O) groups is 1. The summed E-state index contributed by atoms with van der Waals surface area (Å²) in [6.07, 6.45) is 0.298. The molecule has 9 nitrogen and oxygen atoms in total. The van der Waals surface area contributed by atoms with E-state index in [-0.39, 0.29) is 30.0 Å². The van der Waals surface area contributed by atoms with E-state index in [0.717, 1.165) is 43.7 Å². The second-order valence-electron chi connectivity index (χ2n) is 12.4. The fourth-order valence-corrected chi connectivity index (χ4v) is 6.93. The number of piperidine rings is 1. The molecule has 12 heteroatoms. The minimum absolute atomic E-state index is 0.0240. The lowest BCUT2D eigenvalue weighted by molar-refractivity contribution is -0.137. The monoisotopic (exact) mass is 617 g/mol. The Kier molecular flexibility index (Phi) is 9.42. The number of anilines is 1. The lowest BCUT2D eigenvalue weighted by Crippen LogP contribution is -2.54. The number of fused-ring (bicyclic) bond motifs is 1. The summed E-state index contributed by atoms with van der Waals surface area (Å²) in [6.45, 7) is 6.49. The molecule has 2 atom stereocenters. The molecule has 6 rings (SSSR count). The van der Waals surface area contributed by atoms with Crippen LogP contribution in [0.25, 0.3) is 0 Å². The summed E-state index contributed by atoms with van der Waals surface area (Å²) in [5.74, 6) is 1.20. The molecular formula is C32H42F3N5O4. The number of carbonyl (C=O) groups excluding carboxylic acids is 1. The first-order valence-electron chi connectivity index (χ1n) is 15.8. The molecule has 1 aromatic heterocycles. The summed E-state index contributed by atoms with van der Waals surface area (Å²) in [5, 5.41) is 3.74. The highest BCUT2D eigenvalue weighted by Crippen LogP contribution is 2.35. The molecule has 2 aromatic rings. The summed E-state index contributed by atoms with van der Waals surface area (Å²) in [6, 6.07) is 4.51. The van der Waals surface area contributed by atoms with Crippen molar-refractivity contribution in [2.75, 3.05) is 58.1 Å². The van der Waals surface area contributed by atoms with Crippen molar-refractivity contribution in [2.24, 2.45) is 0 Å². The Morgan fingerprint density at radius 2 is 1.75 bits per heavy atom. The van der Waals surface area contributed by atoms with Gasteiger partial charge in [-0.1, -0.05) is 6.07 Å². The summed E-state index contributed by atoms with van der Waals surface area (Å²) in [7, 11) is 1.71. The number of likely N-dealkylation sites (tertiary alicyclic amines) is 1. The first-order chi connectivity index (χ1) is 21.2. The van der Waals surface area contributed by atoms with Crippen LogP contribution in [-0.2, 0) is 33.4 Å². The fraction of sp³-hybridized carbons (Fsp3) is 0.656. The fourth-order valence-electron chi connectivity index (χ4n) is 6.93. The smallest absolute Gasteiger partial charge is 0.381 e. The summed E-state index contributed by atoms with van der Waals surface area (Å²) < 4.78 is 57.2. The Balaban J connectivity index is 1.22. The molecule has 0 spiro atoms. The molecule has 1 N–H and O–H groups in total. The predicted octanol–water partition coefficient (Wildman–Crippen LogP) is 4.26. The van der Waals surface area contributed by atoms with Gasteiger partial charge in [0.05, 0.1) is 18.3 Å². The van der Waals surface area contributed by atoms with Gasteiger partial charge in [-0.05, 0) is 68.7 Å². The van der Waals surface area contributed by atoms with Gasteiger partial charge in [0.25, 0.3) is 5.91 Å². The summed E-state index contributed by atoms with van der Waals surface area (Å²) >= 11 is 0. The van der Waals surface area contributed by atoms with E-state index < -0.39 is 11.7 Å². The standard InChI is InChI=1S/C32H42F3N5O4/c1-20-28(31(41)39-12-6-25(7-13-39)36-26-10-16-44-19-27(26)42-2)37-29(22-8-14-43-15-9-22)38-30(20)40-11-5-21-3-4-24(32(33,34)35)17-23(21)18-40/h3-4,17,22,25-27,36H,5-16,18-19H2,1-2H3/t26-,27+/m0/s1. The Morgan fingerprint density at radius 1 is 1.00 bits per heavy atom. The van der Waals surface area contributed by atoms with Gasteiger partial charge in [-0.25, -0.2) is 9.97 Å². The van der Waals surface area contributed by atoms with Crippen molar-refractivity contribution < 1.29 is 32.2 Å². The number of aromatic nitrogens is 2. The van der Waals surface area contributed by atoms with Crippen LogP contribution in [0.15, 0.2) is 18.2 Å². The second-order valence-corrected chi connectivity index (χ2v) is 12.4. The maximum atomic E-state index is 14.0. The number of alkyl halides is 3. The number of nitrogens with one attached hydrogen (secondary N) is 1. The SMILES string of the molecule is CO[C@@H]1COCC[C@@H]1NC1CCN(C(=O)c2nc(C3CCOCC3)nc(N3CCc4ccc(C(F)(F)F)cc4C3)c2C)CC1. The van der Waals surface area contributed by atoms with Crippen molar-refractivity contribution >= 4 is 11.7 Å². The van der Waals surface area contributed by atoms with E-state index in [1.54, 1.807) is 13.2 Å². The first kappa shape index (κ1) is 31.2. The zero-order chi connectivity index (χ0) is 30.8. The van der Waals surface area contributed by atoms with Gasteiger partial charge in [0, 0.05) is 76.7 Å². The molecule has 240 valence electrons. The lowest BCUT2D eigenvalue weighted by Gasteiger charge is -2.38. The third-order valence-corrected chi connectivity index (χ3v) is 9.61. The first-order valence-corrected chi connectivity index (χ1v) is 15.8. The van der Waals surface area contributed by atoms with Crippen molar-refractivity contribution in [3.63, 3.8) is 0 Å². The molecule has 0 saturated carbocycles. The van der Waals surface area contributed by atoms with E-state index >= 15 is 0 Å². The number of halogens is 3. The average molecular weight is 618 g/mol. The molecule has 0 bridgehead atoms. The van der Waals surface area contributed by atoms with E-state index in [1.807, 2.05) is 16.7 Å². The van der Waals surface area contributed by atoms with Crippen LogP contribution in [-0.4, -0.2) is 92.1 Å². The van der Waals surface area contributed by atoms with Gasteiger partial charge >= 0.3 is 6.18 Å². The van der Waals surface area contributed by atoms with E-state index in [2.05, 4.69) is 5.32 Å². The molecular weight excluding hydrogens is 575 g/mol. The van der Waals surface area contributed by atoms with Crippen LogP contribution in [0.4, 0.5) is 19.0 Å². The van der Waals surface area contributed by atoms with Gasteiger partial charge in [-0.2, -0.15) is 13.2 Å². The molecule has 1 aromatic carbocycles. The number of amides is 1. The van der Waals surface area contributed by atoms with Gasteiger partial charge in [-0.15, -0.1) is 0 Å². The molecule has 0 unspecified atom stereocenters. The molecule has 0 aliphatic carbocycles. The lowest BCUT2D eigenvalue weighted by atomic mass is 9.96. The average Bonchev–Trinajstić information content (AvgIpc) is 3.04. The second kappa shape index (κ2) is 13.3. The van der Waals surface area contributed by atoms with Crippen LogP contribution in [0, 0.1) is 6.92 Å². The van der Waals surface area contributed by atoms with E-state index in [1.165, 1.54) is 6.07 Å². The van der Waals surface area contributed by atoms with Crippen molar-refractivity contribution in [2.45, 2.75) is 82.3 Å². The molecule has 44 heavy (non-hydrogen) atoms. The number of hydrogen-bond acceptors (Lipinski definition) is 8. The van der Waals surface area contributed by atoms with E-state index in [0.29, 0.717) is 87.5 Å². The molecule has 3 fully saturated rings. The Hall–Kier alpha value is -2.80. The number of ether oxygens (including phenoxy) is 3. The molecule has 1 amide bonds. The third kappa shape index (κ3) is 6.73. The van der Waals surface area contributed by atoms with Gasteiger partial charge in [0.15, 0.2) is 0 Å². The molecule has 3 saturated heterocycles. The van der Waals surface area contributed by atoms with Gasteiger partial charge in [0.2, 0.25) is 0 Å². The van der Waals surface area contributed by atoms with Crippen LogP contribution >= 0.6 is 0 Å². The topological polar surface area (TPSA) is 89.0 Å². The Labute approximate surface area is 256 Å². The minimum atomic E-state index is -4.41. The van der Waals surface area contributed by atoms with Crippen molar-refractivity contribution in [3.05, 3.63) is 52.0 Å². The predicted molar refractivity (Wildman–Crippen MR) is 158 cm³/mol. The van der Waals surface area contributed by atoms with Crippen molar-refractivity contribution in [1.82, 2.24) is 20.2 Å². The van der Waals surface area contributed by atoms with Crippen LogP contribution < -0.4 is 10.2 Å². The van der Waals surface area contributed by atoms with E-state index in [9.17, 15) is 18.0 Å². The van der Waals surface area contributed by atoms with Gasteiger partial charge in [-0.3, -0.25) is 4.79 Å².